The van der Waals surface area contributed by atoms with Crippen molar-refractivity contribution in [2.24, 2.45) is 0 Å². The molecular weight excluding hydrogens is 234 g/mol. The lowest BCUT2D eigenvalue weighted by Gasteiger charge is -2.05. The summed E-state index contributed by atoms with van der Waals surface area (Å²) < 4.78 is 1.05. The Hall–Kier alpha value is -1.46. The first kappa shape index (κ1) is 12.0. The van der Waals surface area contributed by atoms with E-state index in [-0.39, 0.29) is 5.91 Å². The molecule has 0 saturated heterocycles. The van der Waals surface area contributed by atoms with Gasteiger partial charge in [0.2, 0.25) is 0 Å². The van der Waals surface area contributed by atoms with Crippen LogP contribution < -0.4 is 10.6 Å². The summed E-state index contributed by atoms with van der Waals surface area (Å²) in [6.45, 7) is 4.40. The third-order valence-corrected chi connectivity index (χ3v) is 3.22. The average Bonchev–Trinajstić information content (AvgIpc) is 2.81. The van der Waals surface area contributed by atoms with Gasteiger partial charge in [0.1, 0.15) is 0 Å². The summed E-state index contributed by atoms with van der Waals surface area (Å²) in [5.74, 6) is -0.0294. The number of nitrogens with zero attached hydrogens (tertiary/aromatic N) is 1. The molecule has 0 aliphatic rings. The van der Waals surface area contributed by atoms with Crippen molar-refractivity contribution in [3.05, 3.63) is 29.3 Å². The predicted octanol–water partition coefficient (Wildman–Crippen LogP) is 1.64. The molecule has 1 amide bonds. The lowest BCUT2D eigenvalue weighted by Crippen LogP contribution is -2.31. The van der Waals surface area contributed by atoms with Gasteiger partial charge in [-0.05, 0) is 24.7 Å². The third-order valence-electron chi connectivity index (χ3n) is 2.43. The highest BCUT2D eigenvalue weighted by atomic mass is 32.1. The van der Waals surface area contributed by atoms with E-state index in [1.807, 2.05) is 25.1 Å². The molecule has 17 heavy (non-hydrogen) atoms. The Bertz CT molecular complexity index is 509. The topological polar surface area (TPSA) is 54.0 Å². The first-order valence-electron chi connectivity index (χ1n) is 5.63. The lowest BCUT2D eigenvalue weighted by molar-refractivity contribution is 0.0954. The van der Waals surface area contributed by atoms with Gasteiger partial charge in [0, 0.05) is 18.7 Å². The van der Waals surface area contributed by atoms with Gasteiger partial charge in [0.05, 0.1) is 15.7 Å². The minimum absolute atomic E-state index is 0.0294. The van der Waals surface area contributed by atoms with E-state index in [1.165, 1.54) is 0 Å². The molecule has 0 atom stereocenters. The highest BCUT2D eigenvalue weighted by Crippen LogP contribution is 2.18. The molecule has 1 heterocycles. The number of benzene rings is 1. The van der Waals surface area contributed by atoms with E-state index in [2.05, 4.69) is 15.6 Å². The molecule has 1 aromatic carbocycles. The summed E-state index contributed by atoms with van der Waals surface area (Å²) in [4.78, 5) is 16.0. The van der Waals surface area contributed by atoms with E-state index in [0.29, 0.717) is 12.1 Å². The van der Waals surface area contributed by atoms with Crippen molar-refractivity contribution in [3.63, 3.8) is 0 Å². The van der Waals surface area contributed by atoms with Crippen molar-refractivity contribution in [2.45, 2.75) is 6.92 Å². The van der Waals surface area contributed by atoms with Crippen molar-refractivity contribution >= 4 is 27.5 Å². The molecule has 0 aliphatic heterocycles. The fraction of sp³-hybridized carbons (Fsp3) is 0.333. The molecule has 0 bridgehead atoms. The fourth-order valence-electron chi connectivity index (χ4n) is 1.54. The highest BCUT2D eigenvalue weighted by molar-refractivity contribution is 7.16. The van der Waals surface area contributed by atoms with E-state index in [1.54, 1.807) is 16.8 Å². The summed E-state index contributed by atoms with van der Waals surface area (Å²) in [5.41, 5.74) is 3.43. The predicted molar refractivity (Wildman–Crippen MR) is 70.5 cm³/mol. The summed E-state index contributed by atoms with van der Waals surface area (Å²) in [6, 6.07) is 5.57. The van der Waals surface area contributed by atoms with Crippen LogP contribution in [-0.2, 0) is 0 Å². The molecule has 1 aromatic heterocycles. The molecule has 90 valence electrons. The zero-order chi connectivity index (χ0) is 12.1. The molecule has 2 N–H and O–H groups in total. The Morgan fingerprint density at radius 1 is 1.41 bits per heavy atom. The molecule has 2 aromatic rings. The number of aromatic nitrogens is 1. The smallest absolute Gasteiger partial charge is 0.251 e. The van der Waals surface area contributed by atoms with Gasteiger partial charge in [-0.1, -0.05) is 6.92 Å². The highest BCUT2D eigenvalue weighted by Gasteiger charge is 2.06. The monoisotopic (exact) mass is 249 g/mol. The number of hydrogen-bond acceptors (Lipinski definition) is 4. The molecule has 0 unspecified atom stereocenters. The zero-order valence-corrected chi connectivity index (χ0v) is 10.5. The van der Waals surface area contributed by atoms with Crippen LogP contribution in [-0.4, -0.2) is 30.5 Å². The van der Waals surface area contributed by atoms with E-state index < -0.39 is 0 Å². The molecule has 0 saturated carbocycles. The summed E-state index contributed by atoms with van der Waals surface area (Å²) >= 11 is 1.55. The number of amides is 1. The number of carbonyl (C=O) groups excluding carboxylic acids is 1. The maximum atomic E-state index is 11.8. The molecule has 0 spiro atoms. The number of rotatable bonds is 5. The number of hydrogen-bond donors (Lipinski definition) is 2. The number of nitrogens with one attached hydrogen (secondary N) is 2. The average molecular weight is 249 g/mol. The first-order chi connectivity index (χ1) is 8.31. The van der Waals surface area contributed by atoms with Gasteiger partial charge in [-0.3, -0.25) is 4.79 Å². The summed E-state index contributed by atoms with van der Waals surface area (Å²) in [5, 5.41) is 6.03. The Kier molecular flexibility index (Phi) is 4.06. The van der Waals surface area contributed by atoms with Crippen molar-refractivity contribution in [1.29, 1.82) is 0 Å². The van der Waals surface area contributed by atoms with E-state index in [0.717, 1.165) is 23.3 Å². The number of thiazole rings is 1. The van der Waals surface area contributed by atoms with Gasteiger partial charge in [-0.2, -0.15) is 0 Å². The minimum Gasteiger partial charge on any atom is -0.351 e. The largest absolute Gasteiger partial charge is 0.351 e. The lowest BCUT2D eigenvalue weighted by atomic mass is 10.2. The van der Waals surface area contributed by atoms with Gasteiger partial charge < -0.3 is 10.6 Å². The van der Waals surface area contributed by atoms with Crippen LogP contribution >= 0.6 is 11.3 Å². The van der Waals surface area contributed by atoms with Crippen LogP contribution in [0.1, 0.15) is 17.3 Å². The summed E-state index contributed by atoms with van der Waals surface area (Å²) in [6.07, 6.45) is 0. The van der Waals surface area contributed by atoms with Crippen molar-refractivity contribution < 1.29 is 4.79 Å². The number of carbonyl (C=O) groups is 1. The number of fused-ring (bicyclic) bond motifs is 1. The van der Waals surface area contributed by atoms with Crippen molar-refractivity contribution in [2.75, 3.05) is 19.6 Å². The second kappa shape index (κ2) is 5.75. The zero-order valence-electron chi connectivity index (χ0n) is 9.69. The van der Waals surface area contributed by atoms with Crippen LogP contribution in [0.15, 0.2) is 23.7 Å². The van der Waals surface area contributed by atoms with Gasteiger partial charge in [0.25, 0.3) is 5.91 Å². The Balaban J connectivity index is 1.98. The molecular formula is C12H15N3OS. The van der Waals surface area contributed by atoms with Gasteiger partial charge in [0.15, 0.2) is 0 Å². The van der Waals surface area contributed by atoms with Crippen molar-refractivity contribution in [3.8, 4) is 0 Å². The Labute approximate surface area is 104 Å². The van der Waals surface area contributed by atoms with Crippen LogP contribution in [0.2, 0.25) is 0 Å². The fourth-order valence-corrected chi connectivity index (χ4v) is 2.26. The molecule has 0 aliphatic carbocycles. The van der Waals surface area contributed by atoms with E-state index in [4.69, 9.17) is 0 Å². The SMILES string of the molecule is CCNCCNC(=O)c1ccc2ncsc2c1. The Morgan fingerprint density at radius 2 is 2.29 bits per heavy atom. The minimum atomic E-state index is -0.0294. The molecule has 5 heteroatoms. The van der Waals surface area contributed by atoms with Crippen LogP contribution in [0.4, 0.5) is 0 Å². The summed E-state index contributed by atoms with van der Waals surface area (Å²) in [7, 11) is 0. The number of likely N-dealkylation sites (N-methyl/N-ethyl adjacent to an activating group) is 1. The normalized spacial score (nSPS) is 10.6. The molecule has 0 radical (unpaired) electrons. The Morgan fingerprint density at radius 3 is 3.12 bits per heavy atom. The van der Waals surface area contributed by atoms with Crippen LogP contribution in [0.25, 0.3) is 10.2 Å². The standard InChI is InChI=1S/C12H15N3OS/c1-2-13-5-6-14-12(16)9-3-4-10-11(7-9)17-8-15-10/h3-4,7-8,13H,2,5-6H2,1H3,(H,14,16). The maximum absolute atomic E-state index is 11.8. The van der Waals surface area contributed by atoms with Crippen LogP contribution in [0, 0.1) is 0 Å². The van der Waals surface area contributed by atoms with Crippen LogP contribution in [0.3, 0.4) is 0 Å². The van der Waals surface area contributed by atoms with E-state index in [9.17, 15) is 4.79 Å². The van der Waals surface area contributed by atoms with E-state index >= 15 is 0 Å². The third kappa shape index (κ3) is 3.01. The molecule has 4 nitrogen and oxygen atoms in total. The van der Waals surface area contributed by atoms with Gasteiger partial charge >= 0.3 is 0 Å². The second-order valence-electron chi connectivity index (χ2n) is 3.64. The van der Waals surface area contributed by atoms with Gasteiger partial charge in [-0.15, -0.1) is 11.3 Å². The quantitative estimate of drug-likeness (QED) is 0.792. The van der Waals surface area contributed by atoms with Crippen LogP contribution in [0.5, 0.6) is 0 Å². The molecule has 2 rings (SSSR count). The van der Waals surface area contributed by atoms with Crippen molar-refractivity contribution in [1.82, 2.24) is 15.6 Å². The maximum Gasteiger partial charge on any atom is 0.251 e. The van der Waals surface area contributed by atoms with Gasteiger partial charge in [-0.25, -0.2) is 4.98 Å². The first-order valence-corrected chi connectivity index (χ1v) is 6.51. The molecule has 0 fully saturated rings. The second-order valence-corrected chi connectivity index (χ2v) is 4.53.